The van der Waals surface area contributed by atoms with Crippen LogP contribution in [0.5, 0.6) is 0 Å². The van der Waals surface area contributed by atoms with Gasteiger partial charge in [0.05, 0.1) is 0 Å². The van der Waals surface area contributed by atoms with Crippen molar-refractivity contribution in [1.82, 2.24) is 5.32 Å². The van der Waals surface area contributed by atoms with Gasteiger partial charge in [-0.25, -0.2) is 0 Å². The summed E-state index contributed by atoms with van der Waals surface area (Å²) >= 11 is 0. The third-order valence-electron chi connectivity index (χ3n) is 3.83. The molecule has 1 saturated carbocycles. The Morgan fingerprint density at radius 3 is 2.21 bits per heavy atom. The van der Waals surface area contributed by atoms with E-state index in [4.69, 9.17) is 0 Å². The minimum Gasteiger partial charge on any atom is -0.316 e. The third kappa shape index (κ3) is 3.61. The lowest BCUT2D eigenvalue weighted by molar-refractivity contribution is 0.380. The van der Waals surface area contributed by atoms with E-state index in [1.165, 1.54) is 51.6 Å². The van der Waals surface area contributed by atoms with Crippen LogP contribution < -0.4 is 5.32 Å². The molecule has 0 aromatic carbocycles. The molecule has 0 aromatic heterocycles. The van der Waals surface area contributed by atoms with Crippen molar-refractivity contribution in [2.45, 2.75) is 59.3 Å². The smallest absolute Gasteiger partial charge is 0.000793 e. The molecule has 0 spiro atoms. The lowest BCUT2D eigenvalue weighted by Crippen LogP contribution is -2.28. The van der Waals surface area contributed by atoms with E-state index in [1.807, 2.05) is 0 Å². The molecule has 0 bridgehead atoms. The first kappa shape index (κ1) is 12.0. The maximum Gasteiger partial charge on any atom is 0.000793 e. The van der Waals surface area contributed by atoms with E-state index >= 15 is 0 Å². The second kappa shape index (κ2) is 5.75. The fourth-order valence-electron chi connectivity index (χ4n) is 2.34. The van der Waals surface area contributed by atoms with E-state index in [9.17, 15) is 0 Å². The largest absolute Gasteiger partial charge is 0.316 e. The highest BCUT2D eigenvalue weighted by Crippen LogP contribution is 2.48. The van der Waals surface area contributed by atoms with Crippen molar-refractivity contribution < 1.29 is 0 Å². The van der Waals surface area contributed by atoms with E-state index in [0.29, 0.717) is 0 Å². The summed E-state index contributed by atoms with van der Waals surface area (Å²) in [4.78, 5) is 0. The van der Waals surface area contributed by atoms with Gasteiger partial charge in [0.15, 0.2) is 0 Å². The molecule has 0 unspecified atom stereocenters. The van der Waals surface area contributed by atoms with Crippen LogP contribution in [0.4, 0.5) is 0 Å². The Balaban J connectivity index is 2.08. The molecule has 0 atom stereocenters. The maximum absolute atomic E-state index is 3.67. The number of rotatable bonds is 8. The average molecular weight is 197 g/mol. The minimum atomic E-state index is 0.723. The molecular formula is C13H27N. The zero-order valence-corrected chi connectivity index (χ0v) is 10.2. The first-order valence-electron chi connectivity index (χ1n) is 6.47. The normalized spacial score (nSPS) is 18.9. The van der Waals surface area contributed by atoms with E-state index in [-0.39, 0.29) is 0 Å². The van der Waals surface area contributed by atoms with E-state index in [0.717, 1.165) is 11.3 Å². The highest BCUT2D eigenvalue weighted by Gasteiger charge is 2.40. The summed E-state index contributed by atoms with van der Waals surface area (Å²) in [6.45, 7) is 9.42. The molecule has 0 heterocycles. The first-order chi connectivity index (χ1) is 6.76. The fourth-order valence-corrected chi connectivity index (χ4v) is 2.34. The Bertz CT molecular complexity index is 145. The summed E-state index contributed by atoms with van der Waals surface area (Å²) in [6.07, 6.45) is 8.37. The van der Waals surface area contributed by atoms with Gasteiger partial charge in [0.1, 0.15) is 0 Å². The van der Waals surface area contributed by atoms with Gasteiger partial charge < -0.3 is 5.32 Å². The van der Waals surface area contributed by atoms with Crippen molar-refractivity contribution in [2.75, 3.05) is 13.1 Å². The molecule has 0 aromatic rings. The van der Waals surface area contributed by atoms with E-state index < -0.39 is 0 Å². The van der Waals surface area contributed by atoms with Crippen LogP contribution in [-0.2, 0) is 0 Å². The summed E-state index contributed by atoms with van der Waals surface area (Å²) in [5, 5.41) is 3.67. The van der Waals surface area contributed by atoms with Crippen LogP contribution >= 0.6 is 0 Å². The molecule has 1 N–H and O–H groups in total. The van der Waals surface area contributed by atoms with Gasteiger partial charge in [-0.15, -0.1) is 0 Å². The molecular weight excluding hydrogens is 170 g/mol. The fraction of sp³-hybridized carbons (Fsp3) is 1.00. The van der Waals surface area contributed by atoms with Gasteiger partial charge in [0, 0.05) is 6.54 Å². The SMILES string of the molecule is CCCC1(CNCC(CC)CC)CC1. The first-order valence-corrected chi connectivity index (χ1v) is 6.47. The predicted molar refractivity (Wildman–Crippen MR) is 63.5 cm³/mol. The van der Waals surface area contributed by atoms with E-state index in [2.05, 4.69) is 26.1 Å². The zero-order chi connectivity index (χ0) is 10.4. The Morgan fingerprint density at radius 1 is 1.14 bits per heavy atom. The standard InChI is InChI=1S/C13H27N/c1-4-7-13(8-9-13)11-14-10-12(5-2)6-3/h12,14H,4-11H2,1-3H3. The Morgan fingerprint density at radius 2 is 1.79 bits per heavy atom. The topological polar surface area (TPSA) is 12.0 Å². The van der Waals surface area contributed by atoms with Gasteiger partial charge in [-0.1, -0.05) is 40.0 Å². The molecule has 0 aliphatic heterocycles. The highest BCUT2D eigenvalue weighted by atomic mass is 14.9. The van der Waals surface area contributed by atoms with Crippen molar-refractivity contribution in [3.63, 3.8) is 0 Å². The summed E-state index contributed by atoms with van der Waals surface area (Å²) < 4.78 is 0. The molecule has 1 aliphatic carbocycles. The average Bonchev–Trinajstić information content (AvgIpc) is 2.94. The van der Waals surface area contributed by atoms with Gasteiger partial charge in [-0.05, 0) is 37.1 Å². The van der Waals surface area contributed by atoms with Gasteiger partial charge in [0.2, 0.25) is 0 Å². The summed E-state index contributed by atoms with van der Waals surface area (Å²) in [5.41, 5.74) is 0.723. The quantitative estimate of drug-likeness (QED) is 0.627. The van der Waals surface area contributed by atoms with Gasteiger partial charge >= 0.3 is 0 Å². The van der Waals surface area contributed by atoms with Crippen LogP contribution in [0.3, 0.4) is 0 Å². The number of nitrogens with one attached hydrogen (secondary N) is 1. The molecule has 1 rings (SSSR count). The molecule has 14 heavy (non-hydrogen) atoms. The molecule has 1 aliphatic rings. The zero-order valence-electron chi connectivity index (χ0n) is 10.2. The second-order valence-corrected chi connectivity index (χ2v) is 5.06. The maximum atomic E-state index is 3.67. The Hall–Kier alpha value is -0.0400. The monoisotopic (exact) mass is 197 g/mol. The van der Waals surface area contributed by atoms with Crippen LogP contribution in [-0.4, -0.2) is 13.1 Å². The van der Waals surface area contributed by atoms with Crippen LogP contribution in [0.1, 0.15) is 59.3 Å². The molecule has 1 fully saturated rings. The highest BCUT2D eigenvalue weighted by molar-refractivity contribution is 4.94. The number of hydrogen-bond acceptors (Lipinski definition) is 1. The van der Waals surface area contributed by atoms with Crippen molar-refractivity contribution >= 4 is 0 Å². The van der Waals surface area contributed by atoms with Gasteiger partial charge in [0.25, 0.3) is 0 Å². The molecule has 1 nitrogen and oxygen atoms in total. The lowest BCUT2D eigenvalue weighted by Gasteiger charge is -2.18. The molecule has 0 saturated heterocycles. The lowest BCUT2D eigenvalue weighted by atomic mass is 9.99. The van der Waals surface area contributed by atoms with Crippen LogP contribution in [0.2, 0.25) is 0 Å². The van der Waals surface area contributed by atoms with Crippen LogP contribution in [0.15, 0.2) is 0 Å². The van der Waals surface area contributed by atoms with E-state index in [1.54, 1.807) is 0 Å². The molecule has 0 radical (unpaired) electrons. The van der Waals surface area contributed by atoms with Crippen molar-refractivity contribution in [3.8, 4) is 0 Å². The van der Waals surface area contributed by atoms with Crippen molar-refractivity contribution in [3.05, 3.63) is 0 Å². The Kier molecular flexibility index (Phi) is 4.94. The van der Waals surface area contributed by atoms with Crippen molar-refractivity contribution in [1.29, 1.82) is 0 Å². The summed E-state index contributed by atoms with van der Waals surface area (Å²) in [5.74, 6) is 0.896. The third-order valence-corrected chi connectivity index (χ3v) is 3.83. The number of hydrogen-bond donors (Lipinski definition) is 1. The predicted octanol–water partition coefficient (Wildman–Crippen LogP) is 3.59. The summed E-state index contributed by atoms with van der Waals surface area (Å²) in [7, 11) is 0. The van der Waals surface area contributed by atoms with Gasteiger partial charge in [-0.2, -0.15) is 0 Å². The Labute approximate surface area is 89.7 Å². The molecule has 84 valence electrons. The van der Waals surface area contributed by atoms with Crippen LogP contribution in [0, 0.1) is 11.3 Å². The second-order valence-electron chi connectivity index (χ2n) is 5.06. The molecule has 1 heteroatoms. The minimum absolute atomic E-state index is 0.723. The van der Waals surface area contributed by atoms with Crippen LogP contribution in [0.25, 0.3) is 0 Å². The van der Waals surface area contributed by atoms with Gasteiger partial charge in [-0.3, -0.25) is 0 Å². The van der Waals surface area contributed by atoms with Crippen molar-refractivity contribution in [2.24, 2.45) is 11.3 Å². The summed E-state index contributed by atoms with van der Waals surface area (Å²) in [6, 6.07) is 0. The molecule has 0 amide bonds.